The van der Waals surface area contributed by atoms with Crippen molar-refractivity contribution in [3.05, 3.63) is 69.5 Å². The van der Waals surface area contributed by atoms with Gasteiger partial charge in [-0.15, -0.1) is 0 Å². The predicted molar refractivity (Wildman–Crippen MR) is 112 cm³/mol. The number of benzene rings is 2. The van der Waals surface area contributed by atoms with Gasteiger partial charge in [0.25, 0.3) is 5.56 Å². The van der Waals surface area contributed by atoms with Crippen molar-refractivity contribution < 1.29 is 4.79 Å². The molecule has 3 rings (SSSR count). The van der Waals surface area contributed by atoms with Crippen molar-refractivity contribution in [3.63, 3.8) is 0 Å². The molecular formula is C21H21ClN2O2S. The van der Waals surface area contributed by atoms with Gasteiger partial charge in [-0.1, -0.05) is 74.5 Å². The summed E-state index contributed by atoms with van der Waals surface area (Å²) in [4.78, 5) is 30.1. The Bertz CT molecular complexity index is 1050. The van der Waals surface area contributed by atoms with Gasteiger partial charge in [0, 0.05) is 10.4 Å². The fourth-order valence-electron chi connectivity index (χ4n) is 2.54. The summed E-state index contributed by atoms with van der Waals surface area (Å²) in [6.07, 6.45) is 0. The average molecular weight is 401 g/mol. The molecule has 2 aromatic carbocycles. The van der Waals surface area contributed by atoms with Crippen molar-refractivity contribution >= 4 is 40.0 Å². The van der Waals surface area contributed by atoms with E-state index in [1.165, 1.54) is 11.8 Å². The topological polar surface area (TPSA) is 52.0 Å². The first-order chi connectivity index (χ1) is 12.8. The van der Waals surface area contributed by atoms with Gasteiger partial charge in [0.1, 0.15) is 5.78 Å². The van der Waals surface area contributed by atoms with E-state index in [9.17, 15) is 9.59 Å². The van der Waals surface area contributed by atoms with Crippen LogP contribution in [0.15, 0.2) is 58.5 Å². The quantitative estimate of drug-likeness (QED) is 0.455. The van der Waals surface area contributed by atoms with Crippen LogP contribution in [0.3, 0.4) is 0 Å². The van der Waals surface area contributed by atoms with E-state index < -0.39 is 5.41 Å². The molecule has 0 N–H and O–H groups in total. The lowest BCUT2D eigenvalue weighted by Gasteiger charge is -2.17. The molecule has 0 saturated heterocycles. The molecule has 4 nitrogen and oxygen atoms in total. The van der Waals surface area contributed by atoms with E-state index in [0.29, 0.717) is 27.6 Å². The highest BCUT2D eigenvalue weighted by Crippen LogP contribution is 2.24. The maximum atomic E-state index is 13.1. The Hall–Kier alpha value is -2.11. The zero-order valence-electron chi connectivity index (χ0n) is 15.5. The fourth-order valence-corrected chi connectivity index (χ4v) is 3.90. The maximum absolute atomic E-state index is 13.1. The molecule has 3 aromatic rings. The van der Waals surface area contributed by atoms with Crippen LogP contribution >= 0.6 is 23.4 Å². The molecule has 0 bridgehead atoms. The Balaban J connectivity index is 2.06. The first kappa shape index (κ1) is 19.6. The second-order valence-electron chi connectivity index (χ2n) is 7.36. The number of rotatable bonds is 5. The number of Topliss-reactive ketones (excluding diaryl/α,β-unsaturated/α-hetero) is 1. The number of carbonyl (C=O) groups excluding carboxylic acids is 1. The van der Waals surface area contributed by atoms with E-state index in [-0.39, 0.29) is 17.1 Å². The molecule has 140 valence electrons. The van der Waals surface area contributed by atoms with E-state index in [4.69, 9.17) is 11.6 Å². The molecule has 0 amide bonds. The van der Waals surface area contributed by atoms with Crippen LogP contribution in [0.25, 0.3) is 10.9 Å². The Morgan fingerprint density at radius 3 is 2.48 bits per heavy atom. The summed E-state index contributed by atoms with van der Waals surface area (Å²) in [6.45, 7) is 5.98. The molecule has 27 heavy (non-hydrogen) atoms. The molecular weight excluding hydrogens is 380 g/mol. The van der Waals surface area contributed by atoms with Crippen LogP contribution in [-0.4, -0.2) is 21.1 Å². The van der Waals surface area contributed by atoms with Crippen molar-refractivity contribution in [2.45, 2.75) is 32.5 Å². The smallest absolute Gasteiger partial charge is 0.262 e. The third-order valence-corrected chi connectivity index (χ3v) is 5.63. The van der Waals surface area contributed by atoms with Gasteiger partial charge in [-0.25, -0.2) is 4.98 Å². The van der Waals surface area contributed by atoms with Gasteiger partial charge in [-0.05, 0) is 23.8 Å². The third kappa shape index (κ3) is 4.42. The Morgan fingerprint density at radius 1 is 1.11 bits per heavy atom. The minimum atomic E-state index is -0.433. The molecule has 0 aliphatic carbocycles. The molecule has 0 spiro atoms. The molecule has 0 aliphatic heterocycles. The SMILES string of the molecule is CC(C)(C)C(=O)CSc1nc2ccccc2c(=O)n1Cc1ccccc1Cl. The second kappa shape index (κ2) is 7.87. The molecule has 0 saturated carbocycles. The van der Waals surface area contributed by atoms with Gasteiger partial charge in [0.05, 0.1) is 23.2 Å². The summed E-state index contributed by atoms with van der Waals surface area (Å²) in [5.41, 5.74) is 0.898. The van der Waals surface area contributed by atoms with Crippen LogP contribution in [0.4, 0.5) is 0 Å². The summed E-state index contributed by atoms with van der Waals surface area (Å²) in [5.74, 6) is 0.371. The average Bonchev–Trinajstić information content (AvgIpc) is 2.63. The molecule has 0 atom stereocenters. The summed E-state index contributed by atoms with van der Waals surface area (Å²) < 4.78 is 1.60. The molecule has 0 aliphatic rings. The lowest BCUT2D eigenvalue weighted by atomic mass is 9.92. The van der Waals surface area contributed by atoms with Gasteiger partial charge >= 0.3 is 0 Å². The van der Waals surface area contributed by atoms with Crippen molar-refractivity contribution in [1.82, 2.24) is 9.55 Å². The zero-order valence-corrected chi connectivity index (χ0v) is 17.1. The van der Waals surface area contributed by atoms with E-state index in [0.717, 1.165) is 5.56 Å². The molecule has 6 heteroatoms. The highest BCUT2D eigenvalue weighted by molar-refractivity contribution is 7.99. The number of thioether (sulfide) groups is 1. The van der Waals surface area contributed by atoms with Gasteiger partial charge < -0.3 is 0 Å². The highest BCUT2D eigenvalue weighted by atomic mass is 35.5. The van der Waals surface area contributed by atoms with Crippen LogP contribution in [-0.2, 0) is 11.3 Å². The number of fused-ring (bicyclic) bond motifs is 1. The zero-order chi connectivity index (χ0) is 19.6. The van der Waals surface area contributed by atoms with Gasteiger partial charge in [0.15, 0.2) is 5.16 Å². The first-order valence-electron chi connectivity index (χ1n) is 8.66. The highest BCUT2D eigenvalue weighted by Gasteiger charge is 2.22. The predicted octanol–water partition coefficient (Wildman–Crippen LogP) is 4.81. The lowest BCUT2D eigenvalue weighted by molar-refractivity contribution is -0.123. The summed E-state index contributed by atoms with van der Waals surface area (Å²) >= 11 is 7.58. The Kier molecular flexibility index (Phi) is 5.72. The van der Waals surface area contributed by atoms with Crippen LogP contribution in [0.2, 0.25) is 5.02 Å². The maximum Gasteiger partial charge on any atom is 0.262 e. The number of hydrogen-bond donors (Lipinski definition) is 0. The van der Waals surface area contributed by atoms with Crippen molar-refractivity contribution in [1.29, 1.82) is 0 Å². The molecule has 0 unspecified atom stereocenters. The van der Waals surface area contributed by atoms with Crippen molar-refractivity contribution in [2.24, 2.45) is 5.41 Å². The van der Waals surface area contributed by atoms with Crippen molar-refractivity contribution in [3.8, 4) is 0 Å². The van der Waals surface area contributed by atoms with E-state index in [1.807, 2.05) is 57.2 Å². The standard InChI is InChI=1S/C21H21ClN2O2S/c1-21(2,3)18(25)13-27-20-23-17-11-7-5-9-15(17)19(26)24(20)12-14-8-4-6-10-16(14)22/h4-11H,12-13H2,1-3H3. The number of hydrogen-bond acceptors (Lipinski definition) is 4. The van der Waals surface area contributed by atoms with E-state index in [1.54, 1.807) is 16.7 Å². The number of carbonyl (C=O) groups is 1. The monoisotopic (exact) mass is 400 g/mol. The van der Waals surface area contributed by atoms with Crippen LogP contribution in [0, 0.1) is 5.41 Å². The Labute approximate surface area is 167 Å². The minimum absolute atomic E-state index is 0.110. The number of ketones is 1. The molecule has 0 fully saturated rings. The largest absolute Gasteiger partial charge is 0.298 e. The summed E-state index contributed by atoms with van der Waals surface area (Å²) in [6, 6.07) is 14.7. The van der Waals surface area contributed by atoms with E-state index in [2.05, 4.69) is 4.98 Å². The van der Waals surface area contributed by atoms with E-state index >= 15 is 0 Å². The molecule has 0 radical (unpaired) electrons. The normalized spacial score (nSPS) is 11.7. The number of para-hydroxylation sites is 1. The van der Waals surface area contributed by atoms with Gasteiger partial charge in [-0.2, -0.15) is 0 Å². The number of aromatic nitrogens is 2. The first-order valence-corrected chi connectivity index (χ1v) is 10.0. The minimum Gasteiger partial charge on any atom is -0.298 e. The molecule has 1 aromatic heterocycles. The Morgan fingerprint density at radius 2 is 1.78 bits per heavy atom. The molecule has 1 heterocycles. The number of halogens is 1. The van der Waals surface area contributed by atoms with Crippen LogP contribution in [0.5, 0.6) is 0 Å². The van der Waals surface area contributed by atoms with Gasteiger partial charge in [-0.3, -0.25) is 14.2 Å². The second-order valence-corrected chi connectivity index (χ2v) is 8.71. The van der Waals surface area contributed by atoms with Crippen LogP contribution < -0.4 is 5.56 Å². The number of nitrogens with zero attached hydrogens (tertiary/aromatic N) is 2. The van der Waals surface area contributed by atoms with Crippen LogP contribution in [0.1, 0.15) is 26.3 Å². The lowest BCUT2D eigenvalue weighted by Crippen LogP contribution is -2.26. The third-order valence-electron chi connectivity index (χ3n) is 4.28. The fraction of sp³-hybridized carbons (Fsp3) is 0.286. The summed E-state index contributed by atoms with van der Waals surface area (Å²) in [7, 11) is 0. The van der Waals surface area contributed by atoms with Crippen molar-refractivity contribution in [2.75, 3.05) is 5.75 Å². The summed E-state index contributed by atoms with van der Waals surface area (Å²) in [5, 5.41) is 1.67. The van der Waals surface area contributed by atoms with Gasteiger partial charge in [0.2, 0.25) is 0 Å².